The number of rotatable bonds is 10. The lowest BCUT2D eigenvalue weighted by molar-refractivity contribution is 0.128. The van der Waals surface area contributed by atoms with Gasteiger partial charge < -0.3 is 21.1 Å². The fraction of sp³-hybridized carbons (Fsp3) is 0.217. The highest BCUT2D eigenvalue weighted by atomic mass is 16.5. The fourth-order valence-corrected chi connectivity index (χ4v) is 2.84. The molecule has 0 radical (unpaired) electrons. The average Bonchev–Trinajstić information content (AvgIpc) is 2.73. The number of nitrogens with two attached hydrogens (primary N) is 1. The Labute approximate surface area is 161 Å². The standard InChI is InChI=1S/C23H27N3O/c24-13-14-27-18-21-11-12-22(25-16-19-7-3-1-4-8-19)23(15-21)26-17-20-9-5-2-6-10-20/h1-12,15,25-26H,13-14,16-18,24H2. The van der Waals surface area contributed by atoms with Crippen molar-refractivity contribution in [2.45, 2.75) is 19.7 Å². The Bertz CT molecular complexity index is 806. The molecule has 0 aromatic heterocycles. The van der Waals surface area contributed by atoms with E-state index in [1.807, 2.05) is 12.1 Å². The molecule has 27 heavy (non-hydrogen) atoms. The van der Waals surface area contributed by atoms with Crippen LogP contribution in [0.4, 0.5) is 11.4 Å². The molecule has 0 saturated heterocycles. The molecule has 4 heteroatoms. The highest BCUT2D eigenvalue weighted by molar-refractivity contribution is 5.70. The molecule has 4 nitrogen and oxygen atoms in total. The zero-order valence-corrected chi connectivity index (χ0v) is 15.5. The van der Waals surface area contributed by atoms with Gasteiger partial charge in [-0.2, -0.15) is 0 Å². The highest BCUT2D eigenvalue weighted by Crippen LogP contribution is 2.25. The van der Waals surface area contributed by atoms with Crippen molar-refractivity contribution in [3.63, 3.8) is 0 Å². The van der Waals surface area contributed by atoms with E-state index in [2.05, 4.69) is 77.4 Å². The second kappa shape index (κ2) is 10.4. The number of nitrogens with one attached hydrogen (secondary N) is 2. The molecule has 0 amide bonds. The van der Waals surface area contributed by atoms with Crippen LogP contribution in [0.5, 0.6) is 0 Å². The third-order valence-corrected chi connectivity index (χ3v) is 4.27. The second-order valence-electron chi connectivity index (χ2n) is 6.40. The minimum absolute atomic E-state index is 0.538. The summed E-state index contributed by atoms with van der Waals surface area (Å²) >= 11 is 0. The van der Waals surface area contributed by atoms with Gasteiger partial charge in [-0.15, -0.1) is 0 Å². The van der Waals surface area contributed by atoms with Gasteiger partial charge in [0.1, 0.15) is 0 Å². The third kappa shape index (κ3) is 6.13. The van der Waals surface area contributed by atoms with E-state index in [0.717, 1.165) is 30.0 Å². The van der Waals surface area contributed by atoms with Gasteiger partial charge in [0.25, 0.3) is 0 Å². The Hall–Kier alpha value is -2.82. The molecule has 3 aromatic carbocycles. The molecule has 0 aliphatic heterocycles. The zero-order valence-electron chi connectivity index (χ0n) is 15.5. The average molecular weight is 361 g/mol. The molecule has 0 saturated carbocycles. The minimum atomic E-state index is 0.538. The summed E-state index contributed by atoms with van der Waals surface area (Å²) in [7, 11) is 0. The second-order valence-corrected chi connectivity index (χ2v) is 6.40. The predicted octanol–water partition coefficient (Wildman–Crippen LogP) is 4.39. The summed E-state index contributed by atoms with van der Waals surface area (Å²) < 4.78 is 5.58. The lowest BCUT2D eigenvalue weighted by atomic mass is 10.1. The normalized spacial score (nSPS) is 10.6. The highest BCUT2D eigenvalue weighted by Gasteiger charge is 2.05. The molecule has 140 valence electrons. The Kier molecular flexibility index (Phi) is 7.27. The minimum Gasteiger partial charge on any atom is -0.379 e. The molecule has 0 fully saturated rings. The SMILES string of the molecule is NCCOCc1ccc(NCc2ccccc2)c(NCc2ccccc2)c1. The first kappa shape index (κ1) is 19.0. The Morgan fingerprint density at radius 2 is 1.26 bits per heavy atom. The molecule has 0 aliphatic carbocycles. The summed E-state index contributed by atoms with van der Waals surface area (Å²) in [5.74, 6) is 0. The summed E-state index contributed by atoms with van der Waals surface area (Å²) in [6.45, 7) is 3.23. The first-order valence-electron chi connectivity index (χ1n) is 9.31. The van der Waals surface area contributed by atoms with E-state index in [9.17, 15) is 0 Å². The van der Waals surface area contributed by atoms with Gasteiger partial charge >= 0.3 is 0 Å². The van der Waals surface area contributed by atoms with Gasteiger partial charge in [0.05, 0.1) is 24.6 Å². The van der Waals surface area contributed by atoms with E-state index >= 15 is 0 Å². The van der Waals surface area contributed by atoms with Crippen LogP contribution < -0.4 is 16.4 Å². The van der Waals surface area contributed by atoms with E-state index in [-0.39, 0.29) is 0 Å². The molecule has 0 heterocycles. The van der Waals surface area contributed by atoms with E-state index < -0.39 is 0 Å². The van der Waals surface area contributed by atoms with Crippen LogP contribution in [-0.4, -0.2) is 13.2 Å². The molecule has 0 bridgehead atoms. The van der Waals surface area contributed by atoms with Gasteiger partial charge in [-0.05, 0) is 28.8 Å². The maximum atomic E-state index is 5.58. The van der Waals surface area contributed by atoms with Gasteiger partial charge in [-0.1, -0.05) is 66.7 Å². The molecule has 3 aromatic rings. The van der Waals surface area contributed by atoms with Gasteiger partial charge in [0.2, 0.25) is 0 Å². The van der Waals surface area contributed by atoms with Gasteiger partial charge in [-0.25, -0.2) is 0 Å². The molecular weight excluding hydrogens is 334 g/mol. The van der Waals surface area contributed by atoms with Crippen LogP contribution in [-0.2, 0) is 24.4 Å². The molecule has 0 unspecified atom stereocenters. The molecule has 0 atom stereocenters. The smallest absolute Gasteiger partial charge is 0.0718 e. The third-order valence-electron chi connectivity index (χ3n) is 4.27. The number of benzene rings is 3. The van der Waals surface area contributed by atoms with Crippen LogP contribution in [0.1, 0.15) is 16.7 Å². The molecule has 0 aliphatic rings. The van der Waals surface area contributed by atoms with Crippen LogP contribution in [0.3, 0.4) is 0 Å². The fourth-order valence-electron chi connectivity index (χ4n) is 2.84. The summed E-state index contributed by atoms with van der Waals surface area (Å²) in [4.78, 5) is 0. The maximum Gasteiger partial charge on any atom is 0.0718 e. The molecular formula is C23H27N3O. The van der Waals surface area contributed by atoms with Gasteiger partial charge in [-0.3, -0.25) is 0 Å². The summed E-state index contributed by atoms with van der Waals surface area (Å²) in [5, 5.41) is 7.09. The van der Waals surface area contributed by atoms with E-state index in [0.29, 0.717) is 19.8 Å². The summed E-state index contributed by atoms with van der Waals surface area (Å²) in [6, 6.07) is 27.1. The largest absolute Gasteiger partial charge is 0.379 e. The van der Waals surface area contributed by atoms with E-state index in [1.165, 1.54) is 11.1 Å². The number of hydrogen-bond donors (Lipinski definition) is 3. The Morgan fingerprint density at radius 3 is 1.85 bits per heavy atom. The lowest BCUT2D eigenvalue weighted by Crippen LogP contribution is -2.09. The van der Waals surface area contributed by atoms with Crippen LogP contribution in [0.15, 0.2) is 78.9 Å². The predicted molar refractivity (Wildman–Crippen MR) is 113 cm³/mol. The topological polar surface area (TPSA) is 59.3 Å². The maximum absolute atomic E-state index is 5.58. The van der Waals surface area contributed by atoms with Crippen LogP contribution in [0.2, 0.25) is 0 Å². The van der Waals surface area contributed by atoms with Crippen molar-refractivity contribution in [3.05, 3.63) is 95.6 Å². The van der Waals surface area contributed by atoms with Crippen LogP contribution >= 0.6 is 0 Å². The van der Waals surface area contributed by atoms with Crippen molar-refractivity contribution in [1.82, 2.24) is 0 Å². The van der Waals surface area contributed by atoms with Crippen molar-refractivity contribution in [3.8, 4) is 0 Å². The lowest BCUT2D eigenvalue weighted by Gasteiger charge is -2.16. The van der Waals surface area contributed by atoms with Gasteiger partial charge in [0.15, 0.2) is 0 Å². The van der Waals surface area contributed by atoms with E-state index in [4.69, 9.17) is 10.5 Å². The van der Waals surface area contributed by atoms with Crippen molar-refractivity contribution >= 4 is 11.4 Å². The number of anilines is 2. The van der Waals surface area contributed by atoms with Crippen molar-refractivity contribution in [2.75, 3.05) is 23.8 Å². The molecule has 4 N–H and O–H groups in total. The first-order valence-corrected chi connectivity index (χ1v) is 9.31. The first-order chi connectivity index (χ1) is 13.3. The van der Waals surface area contributed by atoms with Crippen LogP contribution in [0.25, 0.3) is 0 Å². The Balaban J connectivity index is 1.71. The summed E-state index contributed by atoms with van der Waals surface area (Å²) in [6.07, 6.45) is 0. The van der Waals surface area contributed by atoms with Crippen molar-refractivity contribution in [2.24, 2.45) is 5.73 Å². The number of hydrogen-bond acceptors (Lipinski definition) is 4. The number of ether oxygens (including phenoxy) is 1. The quantitative estimate of drug-likeness (QED) is 0.469. The molecule has 3 rings (SSSR count). The summed E-state index contributed by atoms with van der Waals surface area (Å²) in [5.41, 5.74) is 11.3. The van der Waals surface area contributed by atoms with E-state index in [1.54, 1.807) is 0 Å². The van der Waals surface area contributed by atoms with Gasteiger partial charge in [0, 0.05) is 19.6 Å². The van der Waals surface area contributed by atoms with Crippen molar-refractivity contribution in [1.29, 1.82) is 0 Å². The molecule has 0 spiro atoms. The van der Waals surface area contributed by atoms with Crippen molar-refractivity contribution < 1.29 is 4.74 Å². The monoisotopic (exact) mass is 361 g/mol. The van der Waals surface area contributed by atoms with Crippen LogP contribution in [0, 0.1) is 0 Å². The Morgan fingerprint density at radius 1 is 0.667 bits per heavy atom. The zero-order chi connectivity index (χ0) is 18.7.